The van der Waals surface area contributed by atoms with Crippen LogP contribution in [0.2, 0.25) is 11.6 Å². The summed E-state index contributed by atoms with van der Waals surface area (Å²) in [7, 11) is 0.0813. The minimum Gasteiger partial charge on any atom is -0.427 e. The molecule has 1 aromatic carbocycles. The predicted molar refractivity (Wildman–Crippen MR) is 105 cm³/mol. The van der Waals surface area contributed by atoms with Crippen LogP contribution < -0.4 is 5.19 Å². The molecule has 1 saturated carbocycles. The topological polar surface area (TPSA) is 20.2 Å². The molecule has 0 unspecified atom stereocenters. The lowest BCUT2D eigenvalue weighted by atomic mass is 10.0. The molecule has 2 nitrogen and oxygen atoms in total. The van der Waals surface area contributed by atoms with Crippen LogP contribution in [-0.2, 0) is 0 Å². The largest absolute Gasteiger partial charge is 0.427 e. The van der Waals surface area contributed by atoms with Gasteiger partial charge < -0.3 is 9.28 Å². The number of piperidine rings is 1. The smallest absolute Gasteiger partial charge is 0.223 e. The first kappa shape index (κ1) is 18.2. The van der Waals surface area contributed by atoms with Gasteiger partial charge in [0.1, 0.15) is 0 Å². The SMILES string of the molecule is C[N+]1(CCC[Si@](O)(c2ccccc2)C2CCCCC2)CCCCC1. The van der Waals surface area contributed by atoms with Crippen molar-refractivity contribution in [3.05, 3.63) is 30.3 Å². The Morgan fingerprint density at radius 1 is 0.958 bits per heavy atom. The van der Waals surface area contributed by atoms with Crippen molar-refractivity contribution in [2.75, 3.05) is 26.7 Å². The Balaban J connectivity index is 1.68. The van der Waals surface area contributed by atoms with E-state index in [4.69, 9.17) is 0 Å². The van der Waals surface area contributed by atoms with E-state index in [9.17, 15) is 4.80 Å². The van der Waals surface area contributed by atoms with Gasteiger partial charge in [-0.3, -0.25) is 0 Å². The van der Waals surface area contributed by atoms with Crippen LogP contribution in [0.25, 0.3) is 0 Å². The Morgan fingerprint density at radius 2 is 1.58 bits per heavy atom. The zero-order valence-corrected chi connectivity index (χ0v) is 16.6. The standard InChI is InChI=1S/C21H36NOSi/c1-22(16-9-4-10-17-22)18-11-19-24(23,20-12-5-2-6-13-20)21-14-7-3-8-15-21/h2,5-6,12-13,21,23H,3-4,7-11,14-19H2,1H3/q+1/t24-/m0/s1. The molecule has 0 spiro atoms. The van der Waals surface area contributed by atoms with Gasteiger partial charge in [0.05, 0.1) is 26.7 Å². The van der Waals surface area contributed by atoms with E-state index in [-0.39, 0.29) is 0 Å². The fourth-order valence-electron chi connectivity index (χ4n) is 5.12. The highest BCUT2D eigenvalue weighted by atomic mass is 28.4. The summed E-state index contributed by atoms with van der Waals surface area (Å²) in [5.74, 6) is 0. The number of rotatable bonds is 6. The van der Waals surface area contributed by atoms with Crippen molar-refractivity contribution in [1.29, 1.82) is 0 Å². The minimum absolute atomic E-state index is 0.584. The van der Waals surface area contributed by atoms with Gasteiger partial charge in [0.25, 0.3) is 0 Å². The van der Waals surface area contributed by atoms with Crippen LogP contribution in [0.4, 0.5) is 0 Å². The molecule has 3 rings (SSSR count). The van der Waals surface area contributed by atoms with Gasteiger partial charge in [-0.25, -0.2) is 0 Å². The van der Waals surface area contributed by atoms with Gasteiger partial charge in [0, 0.05) is 0 Å². The van der Waals surface area contributed by atoms with Gasteiger partial charge >= 0.3 is 0 Å². The molecule has 3 heteroatoms. The average molecular weight is 347 g/mol. The minimum atomic E-state index is -2.35. The highest BCUT2D eigenvalue weighted by molar-refractivity contribution is 6.86. The Hall–Kier alpha value is -0.643. The molecule has 1 saturated heterocycles. The maximum Gasteiger partial charge on any atom is 0.223 e. The van der Waals surface area contributed by atoms with Crippen molar-refractivity contribution in [1.82, 2.24) is 0 Å². The number of benzene rings is 1. The summed E-state index contributed by atoms with van der Waals surface area (Å²) in [5.41, 5.74) is 0.584. The third-order valence-electron chi connectivity index (χ3n) is 6.71. The van der Waals surface area contributed by atoms with Crippen molar-refractivity contribution in [3.63, 3.8) is 0 Å². The van der Waals surface area contributed by atoms with Crippen LogP contribution in [0.5, 0.6) is 0 Å². The van der Waals surface area contributed by atoms with Crippen LogP contribution in [0.1, 0.15) is 57.8 Å². The van der Waals surface area contributed by atoms with E-state index in [2.05, 4.69) is 37.4 Å². The van der Waals surface area contributed by atoms with E-state index in [1.165, 1.54) is 87.1 Å². The van der Waals surface area contributed by atoms with Gasteiger partial charge in [-0.2, -0.15) is 0 Å². The normalized spacial score (nSPS) is 24.4. The van der Waals surface area contributed by atoms with Crippen molar-refractivity contribution in [2.24, 2.45) is 0 Å². The second kappa shape index (κ2) is 8.16. The monoisotopic (exact) mass is 346 g/mol. The zero-order chi connectivity index (χ0) is 16.9. The van der Waals surface area contributed by atoms with Gasteiger partial charge in [0.2, 0.25) is 8.32 Å². The van der Waals surface area contributed by atoms with E-state index in [0.717, 1.165) is 6.04 Å². The lowest BCUT2D eigenvalue weighted by Crippen LogP contribution is -2.54. The molecular formula is C21H36NOSi+. The summed E-state index contributed by atoms with van der Waals surface area (Å²) < 4.78 is 1.24. The molecule has 0 aromatic heterocycles. The van der Waals surface area contributed by atoms with Crippen molar-refractivity contribution >= 4 is 13.5 Å². The van der Waals surface area contributed by atoms with Crippen LogP contribution >= 0.6 is 0 Å². The zero-order valence-electron chi connectivity index (χ0n) is 15.6. The molecule has 0 bridgehead atoms. The van der Waals surface area contributed by atoms with Crippen LogP contribution in [0, 0.1) is 0 Å². The van der Waals surface area contributed by atoms with Gasteiger partial charge in [-0.05, 0) is 42.5 Å². The third kappa shape index (κ3) is 4.30. The number of quaternary nitrogens is 1. The number of nitrogens with zero attached hydrogens (tertiary/aromatic N) is 1. The van der Waals surface area contributed by atoms with E-state index in [1.54, 1.807) is 0 Å². The molecule has 1 aromatic rings. The molecule has 24 heavy (non-hydrogen) atoms. The first-order chi connectivity index (χ1) is 11.6. The Kier molecular flexibility index (Phi) is 6.17. The predicted octanol–water partition coefficient (Wildman–Crippen LogP) is 4.19. The van der Waals surface area contributed by atoms with E-state index in [1.807, 2.05) is 0 Å². The summed E-state index contributed by atoms with van der Waals surface area (Å²) >= 11 is 0. The molecule has 2 aliphatic rings. The van der Waals surface area contributed by atoms with E-state index >= 15 is 0 Å². The third-order valence-corrected chi connectivity index (χ3v) is 11.1. The van der Waals surface area contributed by atoms with Crippen LogP contribution in [0.15, 0.2) is 30.3 Å². The lowest BCUT2D eigenvalue weighted by molar-refractivity contribution is -0.914. The number of likely N-dealkylation sites (tertiary alicyclic amines) is 1. The fraction of sp³-hybridized carbons (Fsp3) is 0.714. The van der Waals surface area contributed by atoms with Crippen LogP contribution in [0.3, 0.4) is 0 Å². The second-order valence-corrected chi connectivity index (χ2v) is 12.3. The molecule has 1 aliphatic heterocycles. The molecular weight excluding hydrogens is 310 g/mol. The summed E-state index contributed by atoms with van der Waals surface area (Å²) in [6.07, 6.45) is 11.9. The van der Waals surface area contributed by atoms with Crippen molar-refractivity contribution in [2.45, 2.75) is 69.4 Å². The highest BCUT2D eigenvalue weighted by Crippen LogP contribution is 2.38. The molecule has 2 fully saturated rings. The van der Waals surface area contributed by atoms with Gasteiger partial charge in [-0.15, -0.1) is 0 Å². The maximum absolute atomic E-state index is 11.9. The molecule has 1 heterocycles. The average Bonchev–Trinajstić information content (AvgIpc) is 2.63. The van der Waals surface area contributed by atoms with Gasteiger partial charge in [0.15, 0.2) is 0 Å². The summed E-state index contributed by atoms with van der Waals surface area (Å²) in [4.78, 5) is 11.9. The highest BCUT2D eigenvalue weighted by Gasteiger charge is 2.42. The lowest BCUT2D eigenvalue weighted by Gasteiger charge is -2.40. The molecule has 0 amide bonds. The van der Waals surface area contributed by atoms with E-state index in [0.29, 0.717) is 5.54 Å². The first-order valence-electron chi connectivity index (χ1n) is 10.2. The second-order valence-electron chi connectivity index (χ2n) is 8.58. The summed E-state index contributed by atoms with van der Waals surface area (Å²) in [5, 5.41) is 1.29. The molecule has 0 radical (unpaired) electrons. The molecule has 1 N–H and O–H groups in total. The molecule has 1 atom stereocenters. The van der Waals surface area contributed by atoms with E-state index < -0.39 is 8.32 Å². The summed E-state index contributed by atoms with van der Waals surface area (Å²) in [6.45, 7) is 3.94. The quantitative estimate of drug-likeness (QED) is 0.605. The fourth-order valence-corrected chi connectivity index (χ4v) is 9.12. The first-order valence-corrected chi connectivity index (χ1v) is 12.5. The molecule has 134 valence electrons. The Bertz CT molecular complexity index is 494. The molecule has 1 aliphatic carbocycles. The van der Waals surface area contributed by atoms with Gasteiger partial charge in [-0.1, -0.05) is 62.4 Å². The number of hydrogen-bond acceptors (Lipinski definition) is 1. The van der Waals surface area contributed by atoms with Crippen molar-refractivity contribution in [3.8, 4) is 0 Å². The summed E-state index contributed by atoms with van der Waals surface area (Å²) in [6, 6.07) is 11.8. The van der Waals surface area contributed by atoms with Crippen LogP contribution in [-0.4, -0.2) is 44.3 Å². The van der Waals surface area contributed by atoms with Crippen molar-refractivity contribution < 1.29 is 9.28 Å². The Labute approximate surface area is 149 Å². The maximum atomic E-state index is 11.9. The number of hydrogen-bond donors (Lipinski definition) is 1. The Morgan fingerprint density at radius 3 is 2.25 bits per heavy atom.